The zero-order chi connectivity index (χ0) is 14.7. The first-order valence-electron chi connectivity index (χ1n) is 7.06. The van der Waals surface area contributed by atoms with Gasteiger partial charge in [0.15, 0.2) is 11.5 Å². The molecule has 0 aromatic carbocycles. The second-order valence-electron chi connectivity index (χ2n) is 4.65. The highest BCUT2D eigenvalue weighted by atomic mass is 32.1. The van der Waals surface area contributed by atoms with Crippen molar-refractivity contribution in [3.8, 4) is 0 Å². The number of aromatic nitrogens is 4. The molecule has 7 heteroatoms. The summed E-state index contributed by atoms with van der Waals surface area (Å²) in [5.74, 6) is 1.38. The molecule has 3 rings (SSSR count). The third-order valence-corrected chi connectivity index (χ3v) is 4.21. The molecular formula is C14H18N6S. The number of nitrogens with one attached hydrogen (secondary N) is 3. The Balaban J connectivity index is 1.96. The average Bonchev–Trinajstić information content (AvgIpc) is 3.15. The maximum absolute atomic E-state index is 4.56. The van der Waals surface area contributed by atoms with Crippen LogP contribution in [0, 0.1) is 0 Å². The fourth-order valence-electron chi connectivity index (χ4n) is 2.20. The highest BCUT2D eigenvalue weighted by Gasteiger charge is 2.15. The largest absolute Gasteiger partial charge is 0.361 e. The van der Waals surface area contributed by atoms with Crippen LogP contribution >= 0.6 is 11.3 Å². The van der Waals surface area contributed by atoms with Gasteiger partial charge < -0.3 is 15.6 Å². The fourth-order valence-corrected chi connectivity index (χ4v) is 3.07. The topological polar surface area (TPSA) is 78.5 Å². The third-order valence-electron chi connectivity index (χ3n) is 3.23. The van der Waals surface area contributed by atoms with Gasteiger partial charge in [-0.2, -0.15) is 9.97 Å². The summed E-state index contributed by atoms with van der Waals surface area (Å²) in [4.78, 5) is 17.6. The molecule has 0 saturated heterocycles. The van der Waals surface area contributed by atoms with Crippen LogP contribution in [0.4, 0.5) is 11.8 Å². The van der Waals surface area contributed by atoms with Crippen molar-refractivity contribution in [3.05, 3.63) is 28.7 Å². The van der Waals surface area contributed by atoms with Crippen molar-refractivity contribution in [1.82, 2.24) is 19.9 Å². The van der Waals surface area contributed by atoms with Gasteiger partial charge in [-0.25, -0.2) is 4.98 Å². The van der Waals surface area contributed by atoms with Crippen LogP contribution in [-0.4, -0.2) is 26.5 Å². The van der Waals surface area contributed by atoms with Crippen LogP contribution in [0.3, 0.4) is 0 Å². The van der Waals surface area contributed by atoms with Gasteiger partial charge in [0.1, 0.15) is 5.52 Å². The Kier molecular flexibility index (Phi) is 4.01. The molecule has 0 bridgehead atoms. The van der Waals surface area contributed by atoms with E-state index < -0.39 is 0 Å². The molecule has 0 aliphatic carbocycles. The van der Waals surface area contributed by atoms with Crippen molar-refractivity contribution in [3.63, 3.8) is 0 Å². The van der Waals surface area contributed by atoms with Gasteiger partial charge in [-0.3, -0.25) is 0 Å². The minimum atomic E-state index is 0.237. The normalized spacial score (nSPS) is 12.5. The van der Waals surface area contributed by atoms with Crippen molar-refractivity contribution >= 4 is 34.3 Å². The minimum Gasteiger partial charge on any atom is -0.361 e. The number of H-pyrrole nitrogens is 1. The molecule has 1 atom stereocenters. The van der Waals surface area contributed by atoms with Crippen LogP contribution in [0.1, 0.15) is 31.2 Å². The quantitative estimate of drug-likeness (QED) is 0.650. The first kappa shape index (κ1) is 13.8. The van der Waals surface area contributed by atoms with Gasteiger partial charge in [0.05, 0.1) is 12.4 Å². The van der Waals surface area contributed by atoms with Gasteiger partial charge in [0.2, 0.25) is 5.95 Å². The molecule has 0 spiro atoms. The monoisotopic (exact) mass is 302 g/mol. The molecule has 3 aromatic rings. The number of anilines is 2. The third kappa shape index (κ3) is 2.82. The van der Waals surface area contributed by atoms with Gasteiger partial charge >= 0.3 is 0 Å². The summed E-state index contributed by atoms with van der Waals surface area (Å²) in [6.07, 6.45) is 2.63. The second kappa shape index (κ2) is 6.09. The predicted octanol–water partition coefficient (Wildman–Crippen LogP) is 3.41. The maximum Gasteiger partial charge on any atom is 0.226 e. The van der Waals surface area contributed by atoms with Crippen LogP contribution in [0.2, 0.25) is 0 Å². The highest BCUT2D eigenvalue weighted by molar-refractivity contribution is 7.10. The second-order valence-corrected chi connectivity index (χ2v) is 5.63. The van der Waals surface area contributed by atoms with Crippen LogP contribution < -0.4 is 10.6 Å². The molecule has 0 fully saturated rings. The molecule has 0 saturated carbocycles. The van der Waals surface area contributed by atoms with Gasteiger partial charge in [-0.1, -0.05) is 13.0 Å². The Labute approximate surface area is 127 Å². The zero-order valence-electron chi connectivity index (χ0n) is 12.1. The van der Waals surface area contributed by atoms with E-state index in [9.17, 15) is 0 Å². The summed E-state index contributed by atoms with van der Waals surface area (Å²) in [5, 5.41) is 8.74. The molecule has 0 aliphatic heterocycles. The first-order valence-corrected chi connectivity index (χ1v) is 7.94. The number of imidazole rings is 1. The van der Waals surface area contributed by atoms with E-state index in [0.717, 1.165) is 24.3 Å². The Bertz CT molecular complexity index is 705. The van der Waals surface area contributed by atoms with E-state index in [0.29, 0.717) is 11.6 Å². The molecule has 21 heavy (non-hydrogen) atoms. The zero-order valence-corrected chi connectivity index (χ0v) is 12.9. The average molecular weight is 302 g/mol. The number of fused-ring (bicyclic) bond motifs is 1. The van der Waals surface area contributed by atoms with Crippen molar-refractivity contribution in [2.45, 2.75) is 26.3 Å². The van der Waals surface area contributed by atoms with E-state index in [2.05, 4.69) is 55.0 Å². The van der Waals surface area contributed by atoms with E-state index >= 15 is 0 Å². The van der Waals surface area contributed by atoms with Crippen LogP contribution in [0.25, 0.3) is 11.2 Å². The molecule has 0 amide bonds. The number of rotatable bonds is 6. The molecule has 0 radical (unpaired) electrons. The van der Waals surface area contributed by atoms with Crippen molar-refractivity contribution in [1.29, 1.82) is 0 Å². The summed E-state index contributed by atoms with van der Waals surface area (Å²) >= 11 is 1.75. The Morgan fingerprint density at radius 1 is 1.33 bits per heavy atom. The maximum atomic E-state index is 4.56. The lowest BCUT2D eigenvalue weighted by atomic mass is 10.2. The van der Waals surface area contributed by atoms with Gasteiger partial charge in [0.25, 0.3) is 0 Å². The van der Waals surface area contributed by atoms with Crippen LogP contribution in [-0.2, 0) is 0 Å². The molecule has 0 aliphatic rings. The summed E-state index contributed by atoms with van der Waals surface area (Å²) in [7, 11) is 0. The minimum absolute atomic E-state index is 0.237. The predicted molar refractivity (Wildman–Crippen MR) is 86.8 cm³/mol. The number of nitrogens with zero attached hydrogens (tertiary/aromatic N) is 3. The number of hydrogen-bond acceptors (Lipinski definition) is 6. The van der Waals surface area contributed by atoms with Gasteiger partial charge in [0, 0.05) is 11.4 Å². The number of thiophene rings is 1. The summed E-state index contributed by atoms with van der Waals surface area (Å²) in [5.41, 5.74) is 1.51. The standard InChI is InChI=1S/C14H18N6S/c1-3-9(10-6-5-7-21-10)18-13-11-12(17-8-16-11)19-14(20-13)15-4-2/h5-9H,3-4H2,1-2H3,(H3,15,16,17,18,19,20). The lowest BCUT2D eigenvalue weighted by Crippen LogP contribution is -2.12. The molecule has 6 nitrogen and oxygen atoms in total. The summed E-state index contributed by atoms with van der Waals surface area (Å²) < 4.78 is 0. The first-order chi connectivity index (χ1) is 10.3. The molecule has 1 unspecified atom stereocenters. The van der Waals surface area contributed by atoms with E-state index in [4.69, 9.17) is 0 Å². The van der Waals surface area contributed by atoms with Crippen molar-refractivity contribution in [2.24, 2.45) is 0 Å². The van der Waals surface area contributed by atoms with Crippen molar-refractivity contribution in [2.75, 3.05) is 17.2 Å². The Morgan fingerprint density at radius 2 is 2.24 bits per heavy atom. The van der Waals surface area contributed by atoms with Crippen LogP contribution in [0.5, 0.6) is 0 Å². The molecule has 3 heterocycles. The summed E-state index contributed by atoms with van der Waals surface area (Å²) in [6.45, 7) is 4.96. The summed E-state index contributed by atoms with van der Waals surface area (Å²) in [6, 6.07) is 4.45. The van der Waals surface area contributed by atoms with Gasteiger partial charge in [-0.15, -0.1) is 11.3 Å². The molecular weight excluding hydrogens is 284 g/mol. The molecule has 3 aromatic heterocycles. The number of aromatic amines is 1. The van der Waals surface area contributed by atoms with E-state index in [1.165, 1.54) is 4.88 Å². The van der Waals surface area contributed by atoms with E-state index in [1.807, 2.05) is 6.92 Å². The van der Waals surface area contributed by atoms with Gasteiger partial charge in [-0.05, 0) is 24.8 Å². The smallest absolute Gasteiger partial charge is 0.226 e. The highest BCUT2D eigenvalue weighted by Crippen LogP contribution is 2.28. The SMILES string of the molecule is CCNc1nc(NC(CC)c2cccs2)c2[nH]cnc2n1. The molecule has 110 valence electrons. The lowest BCUT2D eigenvalue weighted by molar-refractivity contribution is 0.759. The molecule has 3 N–H and O–H groups in total. The Hall–Kier alpha value is -2.15. The number of hydrogen-bond donors (Lipinski definition) is 3. The van der Waals surface area contributed by atoms with E-state index in [1.54, 1.807) is 17.7 Å². The fraction of sp³-hybridized carbons (Fsp3) is 0.357. The Morgan fingerprint density at radius 3 is 2.95 bits per heavy atom. The van der Waals surface area contributed by atoms with Crippen LogP contribution in [0.15, 0.2) is 23.8 Å². The van der Waals surface area contributed by atoms with E-state index in [-0.39, 0.29) is 6.04 Å². The lowest BCUT2D eigenvalue weighted by Gasteiger charge is -2.17. The van der Waals surface area contributed by atoms with Crippen molar-refractivity contribution < 1.29 is 0 Å².